The second-order valence-corrected chi connectivity index (χ2v) is 7.04. The van der Waals surface area contributed by atoms with Crippen molar-refractivity contribution < 1.29 is 9.90 Å². The summed E-state index contributed by atoms with van der Waals surface area (Å²) in [5.74, 6) is 0.132. The van der Waals surface area contributed by atoms with Gasteiger partial charge in [-0.25, -0.2) is 4.98 Å². The zero-order valence-corrected chi connectivity index (χ0v) is 14.5. The third-order valence-electron chi connectivity index (χ3n) is 4.51. The van der Waals surface area contributed by atoms with E-state index in [1.807, 2.05) is 30.0 Å². The zero-order chi connectivity index (χ0) is 17.1. The van der Waals surface area contributed by atoms with Gasteiger partial charge in [0.05, 0.1) is 17.5 Å². The van der Waals surface area contributed by atoms with Crippen molar-refractivity contribution in [1.29, 1.82) is 0 Å². The lowest BCUT2D eigenvalue weighted by molar-refractivity contribution is 0.0450. The van der Waals surface area contributed by atoms with Gasteiger partial charge in [0.15, 0.2) is 5.13 Å². The Morgan fingerprint density at radius 1 is 1.46 bits per heavy atom. The number of thiazole rings is 1. The molecule has 0 aromatic carbocycles. The van der Waals surface area contributed by atoms with Gasteiger partial charge in [-0.05, 0) is 37.3 Å². The molecule has 1 saturated heterocycles. The second-order valence-electron chi connectivity index (χ2n) is 6.01. The molecule has 128 valence electrons. The molecule has 3 N–H and O–H groups in total. The number of nitrogen functional groups attached to an aromatic ring is 1. The Morgan fingerprint density at radius 2 is 2.21 bits per heavy atom. The van der Waals surface area contributed by atoms with E-state index in [0.29, 0.717) is 35.2 Å². The largest absolute Gasteiger partial charge is 0.387 e. The first-order valence-electron chi connectivity index (χ1n) is 8.23. The number of aliphatic hydroxyl groups excluding tert-OH is 1. The van der Waals surface area contributed by atoms with E-state index in [4.69, 9.17) is 5.73 Å². The van der Waals surface area contributed by atoms with Gasteiger partial charge in [-0.2, -0.15) is 0 Å². The minimum atomic E-state index is -0.575. The van der Waals surface area contributed by atoms with Crippen LogP contribution in [0.4, 0.5) is 5.13 Å². The van der Waals surface area contributed by atoms with Crippen LogP contribution in [-0.2, 0) is 6.42 Å². The summed E-state index contributed by atoms with van der Waals surface area (Å²) >= 11 is 1.26. The SMILES string of the molecule is CCc1nc(N)sc1C(=O)N1CCC(C(O)c2ccccn2)CC1. The number of aliphatic hydroxyl groups is 1. The number of hydrogen-bond acceptors (Lipinski definition) is 6. The van der Waals surface area contributed by atoms with Gasteiger partial charge in [0.25, 0.3) is 5.91 Å². The Labute approximate surface area is 145 Å². The van der Waals surface area contributed by atoms with E-state index in [-0.39, 0.29) is 11.8 Å². The van der Waals surface area contributed by atoms with Gasteiger partial charge >= 0.3 is 0 Å². The fraction of sp³-hybridized carbons (Fsp3) is 0.471. The fourth-order valence-electron chi connectivity index (χ4n) is 3.13. The number of carbonyl (C=O) groups excluding carboxylic acids is 1. The molecule has 7 heteroatoms. The number of aryl methyl sites for hydroxylation is 1. The van der Waals surface area contributed by atoms with Crippen molar-refractivity contribution in [3.63, 3.8) is 0 Å². The van der Waals surface area contributed by atoms with Crippen LogP contribution in [0.5, 0.6) is 0 Å². The Morgan fingerprint density at radius 3 is 2.83 bits per heavy atom. The second kappa shape index (κ2) is 7.27. The van der Waals surface area contributed by atoms with Gasteiger partial charge in [0.2, 0.25) is 0 Å². The molecular formula is C17H22N4O2S. The number of anilines is 1. The number of amides is 1. The van der Waals surface area contributed by atoms with E-state index in [9.17, 15) is 9.90 Å². The summed E-state index contributed by atoms with van der Waals surface area (Å²) in [6.45, 7) is 3.24. The van der Waals surface area contributed by atoms with Crippen molar-refractivity contribution >= 4 is 22.4 Å². The number of nitrogens with zero attached hydrogens (tertiary/aromatic N) is 3. The number of aromatic nitrogens is 2. The summed E-state index contributed by atoms with van der Waals surface area (Å²) in [6.07, 6.45) is 3.34. The number of pyridine rings is 1. The summed E-state index contributed by atoms with van der Waals surface area (Å²) in [6, 6.07) is 5.56. The number of rotatable bonds is 4. The summed E-state index contributed by atoms with van der Waals surface area (Å²) < 4.78 is 0. The molecule has 0 bridgehead atoms. The van der Waals surface area contributed by atoms with E-state index in [2.05, 4.69) is 9.97 Å². The molecule has 1 atom stereocenters. The standard InChI is InChI=1S/C17H22N4O2S/c1-2-12-15(24-17(18)20-12)16(23)21-9-6-11(7-10-21)14(22)13-5-3-4-8-19-13/h3-5,8,11,14,22H,2,6-7,9-10H2,1H3,(H2,18,20). The lowest BCUT2D eigenvalue weighted by Gasteiger charge is -2.34. The Balaban J connectivity index is 1.63. The molecule has 1 fully saturated rings. The summed E-state index contributed by atoms with van der Waals surface area (Å²) in [4.78, 5) is 23.7. The van der Waals surface area contributed by atoms with Crippen LogP contribution in [0.1, 0.15) is 46.9 Å². The average Bonchev–Trinajstić information content (AvgIpc) is 3.02. The Bertz CT molecular complexity index is 696. The van der Waals surface area contributed by atoms with Crippen molar-refractivity contribution in [2.75, 3.05) is 18.8 Å². The summed E-state index contributed by atoms with van der Waals surface area (Å²) in [7, 11) is 0. The highest BCUT2D eigenvalue weighted by atomic mass is 32.1. The van der Waals surface area contributed by atoms with Gasteiger partial charge < -0.3 is 15.7 Å². The summed E-state index contributed by atoms with van der Waals surface area (Å²) in [5, 5.41) is 10.9. The van der Waals surface area contributed by atoms with Gasteiger partial charge in [0, 0.05) is 19.3 Å². The molecule has 0 saturated carbocycles. The van der Waals surface area contributed by atoms with Crippen LogP contribution >= 0.6 is 11.3 Å². The van der Waals surface area contributed by atoms with Crippen LogP contribution in [0.25, 0.3) is 0 Å². The quantitative estimate of drug-likeness (QED) is 0.886. The van der Waals surface area contributed by atoms with E-state index in [1.165, 1.54) is 11.3 Å². The molecule has 24 heavy (non-hydrogen) atoms. The predicted octanol–water partition coefficient (Wildman–Crippen LogP) is 2.27. The number of nitrogens with two attached hydrogens (primary N) is 1. The molecule has 0 radical (unpaired) electrons. The first-order chi connectivity index (χ1) is 11.6. The molecule has 1 aliphatic rings. The highest BCUT2D eigenvalue weighted by Gasteiger charge is 2.30. The maximum absolute atomic E-state index is 12.7. The Hall–Kier alpha value is -1.99. The molecular weight excluding hydrogens is 324 g/mol. The smallest absolute Gasteiger partial charge is 0.265 e. The van der Waals surface area contributed by atoms with Crippen molar-refractivity contribution in [2.45, 2.75) is 32.3 Å². The topological polar surface area (TPSA) is 92.3 Å². The van der Waals surface area contributed by atoms with E-state index < -0.39 is 6.10 Å². The lowest BCUT2D eigenvalue weighted by Crippen LogP contribution is -2.39. The zero-order valence-electron chi connectivity index (χ0n) is 13.7. The molecule has 3 heterocycles. The molecule has 2 aromatic rings. The minimum Gasteiger partial charge on any atom is -0.387 e. The molecule has 1 aliphatic heterocycles. The van der Waals surface area contributed by atoms with Gasteiger partial charge in [-0.1, -0.05) is 24.3 Å². The maximum atomic E-state index is 12.7. The van der Waals surface area contributed by atoms with Crippen molar-refractivity contribution in [2.24, 2.45) is 5.92 Å². The molecule has 2 aromatic heterocycles. The van der Waals surface area contributed by atoms with Crippen molar-refractivity contribution in [3.05, 3.63) is 40.7 Å². The molecule has 0 spiro atoms. The van der Waals surface area contributed by atoms with Crippen LogP contribution in [0, 0.1) is 5.92 Å². The van der Waals surface area contributed by atoms with Gasteiger partial charge in [0.1, 0.15) is 4.88 Å². The Kier molecular flexibility index (Phi) is 5.11. The number of piperidine rings is 1. The number of carbonyl (C=O) groups is 1. The normalized spacial score (nSPS) is 17.0. The monoisotopic (exact) mass is 346 g/mol. The van der Waals surface area contributed by atoms with Crippen molar-refractivity contribution in [1.82, 2.24) is 14.9 Å². The maximum Gasteiger partial charge on any atom is 0.265 e. The molecule has 3 rings (SSSR count). The third-order valence-corrected chi connectivity index (χ3v) is 5.42. The van der Waals surface area contributed by atoms with E-state index in [1.54, 1.807) is 6.20 Å². The average molecular weight is 346 g/mol. The lowest BCUT2D eigenvalue weighted by atomic mass is 9.89. The molecule has 0 aliphatic carbocycles. The molecule has 1 amide bonds. The van der Waals surface area contributed by atoms with Crippen molar-refractivity contribution in [3.8, 4) is 0 Å². The van der Waals surface area contributed by atoms with E-state index in [0.717, 1.165) is 18.5 Å². The minimum absolute atomic E-state index is 0.00632. The van der Waals surface area contributed by atoms with E-state index >= 15 is 0 Å². The third kappa shape index (κ3) is 3.42. The fourth-order valence-corrected chi connectivity index (χ4v) is 4.02. The highest BCUT2D eigenvalue weighted by Crippen LogP contribution is 2.31. The first kappa shape index (κ1) is 16.9. The predicted molar refractivity (Wildman–Crippen MR) is 93.7 cm³/mol. The van der Waals surface area contributed by atoms with Crippen LogP contribution in [0.3, 0.4) is 0 Å². The number of hydrogen-bond donors (Lipinski definition) is 2. The highest BCUT2D eigenvalue weighted by molar-refractivity contribution is 7.17. The molecule has 1 unspecified atom stereocenters. The van der Waals surface area contributed by atoms with Gasteiger partial charge in [-0.15, -0.1) is 0 Å². The number of likely N-dealkylation sites (tertiary alicyclic amines) is 1. The van der Waals surface area contributed by atoms with Crippen LogP contribution in [0.2, 0.25) is 0 Å². The first-order valence-corrected chi connectivity index (χ1v) is 9.05. The van der Waals surface area contributed by atoms with Crippen LogP contribution in [0.15, 0.2) is 24.4 Å². The molecule has 6 nitrogen and oxygen atoms in total. The van der Waals surface area contributed by atoms with Crippen LogP contribution < -0.4 is 5.73 Å². The van der Waals surface area contributed by atoms with Crippen LogP contribution in [-0.4, -0.2) is 39.0 Å². The summed E-state index contributed by atoms with van der Waals surface area (Å²) in [5.41, 5.74) is 7.22. The van der Waals surface area contributed by atoms with Gasteiger partial charge in [-0.3, -0.25) is 9.78 Å².